The van der Waals surface area contributed by atoms with E-state index in [0.717, 1.165) is 69.2 Å². The molecular weight excluding hydrogens is 578 g/mol. The summed E-state index contributed by atoms with van der Waals surface area (Å²) >= 11 is 0. The molecule has 0 saturated heterocycles. The van der Waals surface area contributed by atoms with Crippen LogP contribution in [0.3, 0.4) is 0 Å². The number of hydrogen-bond donors (Lipinski definition) is 3. The van der Waals surface area contributed by atoms with Crippen LogP contribution < -0.4 is 0 Å². The maximum atomic E-state index is 11.0. The Labute approximate surface area is 283 Å². The minimum atomic E-state index is -0.769. The molecule has 7 heteroatoms. The van der Waals surface area contributed by atoms with Crippen LogP contribution in [0.5, 0.6) is 0 Å². The summed E-state index contributed by atoms with van der Waals surface area (Å²) in [5.41, 5.74) is 0. The maximum Gasteiger partial charge on any atom is 0.303 e. The first-order chi connectivity index (χ1) is 22.3. The highest BCUT2D eigenvalue weighted by molar-refractivity contribution is 5.67. The molecule has 0 aromatic rings. The zero-order valence-corrected chi connectivity index (χ0v) is 30.0. The average molecular weight is 653 g/mol. The van der Waals surface area contributed by atoms with Crippen molar-refractivity contribution in [3.63, 3.8) is 0 Å². The zero-order chi connectivity index (χ0) is 34.0. The van der Waals surface area contributed by atoms with Crippen molar-refractivity contribution in [1.29, 1.82) is 0 Å². The van der Waals surface area contributed by atoms with Gasteiger partial charge in [-0.1, -0.05) is 109 Å². The standard InChI is InChI=1S/C39H73NO6/c1-2-3-4-5-6-7-8-9-10-11-12-13-14-15-16-17-18-19-20-21-22-26-33-40(34-27-23-30-37(41)42,35-28-24-31-38(43)44)36-29-25-32-39(45)46/h17-18H,2-16,19-36H2,1H3,(H2-,41,42,43,44,45,46)/p+1/b18-17+. The van der Waals surface area contributed by atoms with Crippen LogP contribution in [0.15, 0.2) is 12.2 Å². The highest BCUT2D eigenvalue weighted by Crippen LogP contribution is 2.20. The number of nitrogens with zero attached hydrogens (tertiary/aromatic N) is 1. The third-order valence-electron chi connectivity index (χ3n) is 9.46. The van der Waals surface area contributed by atoms with E-state index >= 15 is 0 Å². The summed E-state index contributed by atoms with van der Waals surface area (Å²) in [6, 6.07) is 0. The van der Waals surface area contributed by atoms with Crippen LogP contribution in [0, 0.1) is 0 Å². The summed E-state index contributed by atoms with van der Waals surface area (Å²) in [6.45, 7) is 5.94. The molecule has 46 heavy (non-hydrogen) atoms. The van der Waals surface area contributed by atoms with E-state index in [1.54, 1.807) is 0 Å². The normalized spacial score (nSPS) is 11.8. The summed E-state index contributed by atoms with van der Waals surface area (Å²) in [4.78, 5) is 33.1. The second kappa shape index (κ2) is 33.0. The van der Waals surface area contributed by atoms with Gasteiger partial charge >= 0.3 is 17.9 Å². The zero-order valence-electron chi connectivity index (χ0n) is 30.0. The third kappa shape index (κ3) is 32.1. The molecule has 0 spiro atoms. The summed E-state index contributed by atoms with van der Waals surface area (Å²) in [5, 5.41) is 27.2. The summed E-state index contributed by atoms with van der Waals surface area (Å²) in [5.74, 6) is -2.31. The molecule has 0 atom stereocenters. The molecule has 0 bridgehead atoms. The fourth-order valence-electron chi connectivity index (χ4n) is 6.60. The van der Waals surface area contributed by atoms with Crippen molar-refractivity contribution in [2.45, 2.75) is 193 Å². The molecule has 0 aliphatic heterocycles. The first-order valence-corrected chi connectivity index (χ1v) is 19.5. The van der Waals surface area contributed by atoms with Gasteiger partial charge in [-0.05, 0) is 77.0 Å². The van der Waals surface area contributed by atoms with Gasteiger partial charge in [0.2, 0.25) is 0 Å². The molecule has 0 rings (SSSR count). The molecule has 0 aliphatic rings. The number of rotatable bonds is 37. The van der Waals surface area contributed by atoms with Crippen LogP contribution in [0.25, 0.3) is 0 Å². The van der Waals surface area contributed by atoms with Gasteiger partial charge in [0.15, 0.2) is 0 Å². The van der Waals surface area contributed by atoms with Crippen LogP contribution in [0.1, 0.15) is 193 Å². The van der Waals surface area contributed by atoms with E-state index in [1.165, 1.54) is 109 Å². The Balaban J connectivity index is 4.20. The van der Waals surface area contributed by atoms with Crippen LogP contribution >= 0.6 is 0 Å². The van der Waals surface area contributed by atoms with Gasteiger partial charge in [0.1, 0.15) is 0 Å². The van der Waals surface area contributed by atoms with Crippen LogP contribution in [0.2, 0.25) is 0 Å². The van der Waals surface area contributed by atoms with Gasteiger partial charge in [-0.15, -0.1) is 0 Å². The van der Waals surface area contributed by atoms with E-state index < -0.39 is 17.9 Å². The van der Waals surface area contributed by atoms with Gasteiger partial charge in [-0.25, -0.2) is 0 Å². The SMILES string of the molecule is CCCCCCCCCCCCCCCC/C=C/CCCCCC[N+](CCCCC(=O)O)(CCCCC(=O)O)CCCCC(=O)O. The van der Waals surface area contributed by atoms with Crippen molar-refractivity contribution >= 4 is 17.9 Å². The lowest BCUT2D eigenvalue weighted by atomic mass is 10.0. The highest BCUT2D eigenvalue weighted by Gasteiger charge is 2.26. The second-order valence-electron chi connectivity index (χ2n) is 13.8. The summed E-state index contributed by atoms with van der Waals surface area (Å²) < 4.78 is 0.859. The Kier molecular flexibility index (Phi) is 31.7. The van der Waals surface area contributed by atoms with Gasteiger partial charge in [-0.3, -0.25) is 14.4 Å². The molecule has 270 valence electrons. The largest absolute Gasteiger partial charge is 0.481 e. The lowest BCUT2D eigenvalue weighted by Gasteiger charge is -2.39. The quantitative estimate of drug-likeness (QED) is 0.0350. The first-order valence-electron chi connectivity index (χ1n) is 19.5. The molecule has 3 N–H and O–H groups in total. The van der Waals surface area contributed by atoms with Crippen molar-refractivity contribution in [2.24, 2.45) is 0 Å². The van der Waals surface area contributed by atoms with Gasteiger partial charge in [0, 0.05) is 19.3 Å². The smallest absolute Gasteiger partial charge is 0.303 e. The molecule has 0 unspecified atom stereocenters. The van der Waals surface area contributed by atoms with Crippen LogP contribution in [-0.2, 0) is 14.4 Å². The Morgan fingerprint density at radius 3 is 0.957 bits per heavy atom. The molecule has 0 fully saturated rings. The van der Waals surface area contributed by atoms with Crippen molar-refractivity contribution in [3.05, 3.63) is 12.2 Å². The van der Waals surface area contributed by atoms with Gasteiger partial charge in [0.25, 0.3) is 0 Å². The molecule has 0 saturated carbocycles. The molecule has 0 heterocycles. The van der Waals surface area contributed by atoms with E-state index in [9.17, 15) is 14.4 Å². The van der Waals surface area contributed by atoms with Crippen molar-refractivity contribution in [3.8, 4) is 0 Å². The predicted molar refractivity (Wildman–Crippen MR) is 191 cm³/mol. The second-order valence-corrected chi connectivity index (χ2v) is 13.8. The number of carbonyl (C=O) groups is 3. The minimum absolute atomic E-state index is 0.172. The van der Waals surface area contributed by atoms with Crippen LogP contribution in [0.4, 0.5) is 0 Å². The number of quaternary nitrogens is 1. The topological polar surface area (TPSA) is 112 Å². The molecule has 0 aliphatic carbocycles. The summed E-state index contributed by atoms with van der Waals surface area (Å²) in [6.07, 6.45) is 36.2. The van der Waals surface area contributed by atoms with Gasteiger partial charge in [-0.2, -0.15) is 0 Å². The fraction of sp³-hybridized carbons (Fsp3) is 0.872. The van der Waals surface area contributed by atoms with E-state index in [2.05, 4.69) is 19.1 Å². The Bertz CT molecular complexity index is 698. The van der Waals surface area contributed by atoms with Crippen LogP contribution in [-0.4, -0.2) is 63.9 Å². The predicted octanol–water partition coefficient (Wildman–Crippen LogP) is 10.9. The van der Waals surface area contributed by atoms with Crippen molar-refractivity contribution < 1.29 is 34.2 Å². The van der Waals surface area contributed by atoms with E-state index in [4.69, 9.17) is 15.3 Å². The molecule has 0 radical (unpaired) electrons. The van der Waals surface area contributed by atoms with E-state index in [-0.39, 0.29) is 19.3 Å². The Morgan fingerprint density at radius 2 is 0.652 bits per heavy atom. The van der Waals surface area contributed by atoms with Crippen molar-refractivity contribution in [1.82, 2.24) is 0 Å². The van der Waals surface area contributed by atoms with Gasteiger partial charge in [0.05, 0.1) is 26.2 Å². The van der Waals surface area contributed by atoms with E-state index in [1.807, 2.05) is 0 Å². The lowest BCUT2D eigenvalue weighted by molar-refractivity contribution is -0.929. The molecule has 0 aromatic carbocycles. The third-order valence-corrected chi connectivity index (χ3v) is 9.46. The maximum absolute atomic E-state index is 11.0. The molecular formula is C39H74NO6+. The number of aliphatic carboxylic acids is 3. The summed E-state index contributed by atoms with van der Waals surface area (Å²) in [7, 11) is 0. The fourth-order valence-corrected chi connectivity index (χ4v) is 6.60. The average Bonchev–Trinajstić information content (AvgIpc) is 3.02. The highest BCUT2D eigenvalue weighted by atomic mass is 16.4. The monoisotopic (exact) mass is 653 g/mol. The minimum Gasteiger partial charge on any atom is -0.481 e. The molecule has 0 aromatic heterocycles. The Hall–Kier alpha value is -1.89. The number of unbranched alkanes of at least 4 members (excludes halogenated alkanes) is 21. The van der Waals surface area contributed by atoms with Gasteiger partial charge < -0.3 is 19.8 Å². The Morgan fingerprint density at radius 1 is 0.391 bits per heavy atom. The number of carboxylic acids is 3. The van der Waals surface area contributed by atoms with Crippen molar-refractivity contribution in [2.75, 3.05) is 26.2 Å². The first kappa shape index (κ1) is 44.1. The molecule has 0 amide bonds. The lowest BCUT2D eigenvalue weighted by Crippen LogP contribution is -2.51. The molecule has 7 nitrogen and oxygen atoms in total. The number of carboxylic acid groups (broad SMARTS) is 3. The van der Waals surface area contributed by atoms with E-state index in [0.29, 0.717) is 19.3 Å². The number of allylic oxidation sites excluding steroid dienone is 2. The number of hydrogen-bond acceptors (Lipinski definition) is 3.